The standard InChI is InChI=1S/C22H25N5O7/c28-17-5-1-14(2-6-17)23-24-15-3-7-18(8-4-15)33-12-16-11-27(26-25-16)9-10-32-22-21(31)20(30)19(29)13-34-22/h1-8,11,19-22,28-31H,9-10,12-13H2/t19-,20-,21+,22+/m1/s1. The minimum Gasteiger partial charge on any atom is -0.508 e. The van der Waals surface area contributed by atoms with Crippen LogP contribution < -0.4 is 4.74 Å². The molecule has 0 unspecified atom stereocenters. The number of phenols is 1. The lowest BCUT2D eigenvalue weighted by Gasteiger charge is -2.34. The quantitative estimate of drug-likeness (QED) is 0.338. The van der Waals surface area contributed by atoms with Gasteiger partial charge in [0, 0.05) is 0 Å². The molecule has 3 aromatic rings. The van der Waals surface area contributed by atoms with Crippen molar-refractivity contribution in [3.05, 3.63) is 60.4 Å². The Labute approximate surface area is 194 Å². The molecule has 1 aromatic heterocycles. The predicted octanol–water partition coefficient (Wildman–Crippen LogP) is 1.43. The lowest BCUT2D eigenvalue weighted by Crippen LogP contribution is -2.53. The van der Waals surface area contributed by atoms with Crippen LogP contribution in [0.25, 0.3) is 0 Å². The first kappa shape index (κ1) is 23.7. The number of aromatic hydroxyl groups is 1. The Morgan fingerprint density at radius 1 is 0.971 bits per heavy atom. The van der Waals surface area contributed by atoms with E-state index in [4.69, 9.17) is 14.2 Å². The molecule has 0 bridgehead atoms. The Balaban J connectivity index is 1.20. The molecule has 4 atom stereocenters. The number of aliphatic hydroxyl groups is 3. The van der Waals surface area contributed by atoms with Gasteiger partial charge in [0.2, 0.25) is 0 Å². The van der Waals surface area contributed by atoms with E-state index >= 15 is 0 Å². The minimum absolute atomic E-state index is 0.115. The molecule has 1 aliphatic heterocycles. The molecule has 4 N–H and O–H groups in total. The normalized spacial score (nSPS) is 22.8. The highest BCUT2D eigenvalue weighted by Gasteiger charge is 2.38. The van der Waals surface area contributed by atoms with Gasteiger partial charge in [-0.05, 0) is 48.5 Å². The molecule has 0 amide bonds. The number of hydrogen-bond donors (Lipinski definition) is 4. The molecule has 1 fully saturated rings. The Morgan fingerprint density at radius 3 is 2.35 bits per heavy atom. The van der Waals surface area contributed by atoms with E-state index in [-0.39, 0.29) is 25.6 Å². The van der Waals surface area contributed by atoms with Gasteiger partial charge < -0.3 is 34.6 Å². The Hall–Kier alpha value is -3.42. The van der Waals surface area contributed by atoms with E-state index in [0.29, 0.717) is 29.4 Å². The van der Waals surface area contributed by atoms with Gasteiger partial charge in [-0.15, -0.1) is 5.10 Å². The Kier molecular flexibility index (Phi) is 7.77. The summed E-state index contributed by atoms with van der Waals surface area (Å²) in [5, 5.41) is 54.6. The summed E-state index contributed by atoms with van der Waals surface area (Å²) in [5.74, 6) is 0.801. The zero-order valence-electron chi connectivity index (χ0n) is 18.1. The highest BCUT2D eigenvalue weighted by molar-refractivity contribution is 5.43. The first-order valence-corrected chi connectivity index (χ1v) is 10.6. The van der Waals surface area contributed by atoms with Gasteiger partial charge in [0.1, 0.15) is 42.1 Å². The molecular formula is C22H25N5O7. The number of rotatable bonds is 9. The molecule has 4 rings (SSSR count). The highest BCUT2D eigenvalue weighted by Crippen LogP contribution is 2.23. The molecule has 0 saturated carbocycles. The predicted molar refractivity (Wildman–Crippen MR) is 117 cm³/mol. The molecule has 1 saturated heterocycles. The van der Waals surface area contributed by atoms with Crippen molar-refractivity contribution >= 4 is 11.4 Å². The van der Waals surface area contributed by atoms with Crippen LogP contribution in [-0.4, -0.2) is 73.2 Å². The zero-order valence-corrected chi connectivity index (χ0v) is 18.1. The number of ether oxygens (including phenoxy) is 3. The third kappa shape index (κ3) is 6.34. The topological polar surface area (TPSA) is 164 Å². The molecule has 180 valence electrons. The lowest BCUT2D eigenvalue weighted by atomic mass is 10.1. The number of hydrogen-bond acceptors (Lipinski definition) is 11. The molecular weight excluding hydrogens is 446 g/mol. The average Bonchev–Trinajstić information content (AvgIpc) is 3.31. The SMILES string of the molecule is Oc1ccc(N=Nc2ccc(OCc3cn(CCO[C@H]4OC[C@@H](O)[C@@H](O)[C@@H]4O)nn3)cc2)cc1. The highest BCUT2D eigenvalue weighted by atomic mass is 16.7. The van der Waals surface area contributed by atoms with Crippen molar-refractivity contribution in [3.63, 3.8) is 0 Å². The van der Waals surface area contributed by atoms with Crippen LogP contribution in [0.1, 0.15) is 5.69 Å². The molecule has 12 heteroatoms. The average molecular weight is 471 g/mol. The smallest absolute Gasteiger partial charge is 0.186 e. The van der Waals surface area contributed by atoms with Crippen molar-refractivity contribution in [2.45, 2.75) is 37.8 Å². The number of aromatic nitrogens is 3. The largest absolute Gasteiger partial charge is 0.508 e. The van der Waals surface area contributed by atoms with Crippen LogP contribution in [0.4, 0.5) is 11.4 Å². The van der Waals surface area contributed by atoms with E-state index in [1.54, 1.807) is 59.4 Å². The Morgan fingerprint density at radius 2 is 1.65 bits per heavy atom. The molecule has 2 heterocycles. The van der Waals surface area contributed by atoms with E-state index in [1.807, 2.05) is 0 Å². The van der Waals surface area contributed by atoms with Crippen LogP contribution in [0.5, 0.6) is 11.5 Å². The third-order valence-corrected chi connectivity index (χ3v) is 5.00. The van der Waals surface area contributed by atoms with Crippen molar-refractivity contribution in [1.82, 2.24) is 15.0 Å². The third-order valence-electron chi connectivity index (χ3n) is 5.00. The fraction of sp³-hybridized carbons (Fsp3) is 0.364. The second-order valence-electron chi connectivity index (χ2n) is 7.59. The van der Waals surface area contributed by atoms with Crippen LogP contribution >= 0.6 is 0 Å². The summed E-state index contributed by atoms with van der Waals surface area (Å²) in [7, 11) is 0. The van der Waals surface area contributed by atoms with Gasteiger partial charge in [0.05, 0.1) is 37.3 Å². The maximum Gasteiger partial charge on any atom is 0.186 e. The summed E-state index contributed by atoms with van der Waals surface area (Å²) in [6.45, 7) is 0.604. The van der Waals surface area contributed by atoms with Gasteiger partial charge in [0.25, 0.3) is 0 Å². The van der Waals surface area contributed by atoms with Gasteiger partial charge in [-0.25, -0.2) is 4.68 Å². The molecule has 1 aliphatic rings. The molecule has 0 spiro atoms. The summed E-state index contributed by atoms with van der Waals surface area (Å²) in [6.07, 6.45) is -3.10. The van der Waals surface area contributed by atoms with Crippen molar-refractivity contribution in [3.8, 4) is 11.5 Å². The van der Waals surface area contributed by atoms with Crippen molar-refractivity contribution in [2.75, 3.05) is 13.2 Å². The van der Waals surface area contributed by atoms with E-state index in [1.165, 1.54) is 0 Å². The molecule has 2 aromatic carbocycles. The van der Waals surface area contributed by atoms with Crippen molar-refractivity contribution in [1.29, 1.82) is 0 Å². The summed E-state index contributed by atoms with van der Waals surface area (Å²) in [4.78, 5) is 0. The van der Waals surface area contributed by atoms with Crippen LogP contribution in [0, 0.1) is 0 Å². The zero-order chi connectivity index (χ0) is 23.9. The first-order valence-electron chi connectivity index (χ1n) is 10.6. The Bertz CT molecular complexity index is 1070. The summed E-state index contributed by atoms with van der Waals surface area (Å²) < 4.78 is 17.9. The van der Waals surface area contributed by atoms with Gasteiger partial charge in [-0.1, -0.05) is 5.21 Å². The van der Waals surface area contributed by atoms with Gasteiger partial charge in [-0.2, -0.15) is 10.2 Å². The number of aliphatic hydroxyl groups excluding tert-OH is 3. The summed E-state index contributed by atoms with van der Waals surface area (Å²) in [5.41, 5.74) is 1.90. The van der Waals surface area contributed by atoms with Gasteiger partial charge >= 0.3 is 0 Å². The molecule has 0 radical (unpaired) electrons. The fourth-order valence-electron chi connectivity index (χ4n) is 3.10. The van der Waals surface area contributed by atoms with E-state index < -0.39 is 24.6 Å². The second-order valence-corrected chi connectivity index (χ2v) is 7.59. The number of benzene rings is 2. The first-order chi connectivity index (χ1) is 16.5. The minimum atomic E-state index is -1.33. The maximum absolute atomic E-state index is 9.87. The number of nitrogens with zero attached hydrogens (tertiary/aromatic N) is 5. The summed E-state index contributed by atoms with van der Waals surface area (Å²) >= 11 is 0. The monoisotopic (exact) mass is 471 g/mol. The van der Waals surface area contributed by atoms with Crippen LogP contribution in [0.15, 0.2) is 65.0 Å². The van der Waals surface area contributed by atoms with Crippen LogP contribution in [0.2, 0.25) is 0 Å². The number of phenolic OH excluding ortho intramolecular Hbond substituents is 1. The fourth-order valence-corrected chi connectivity index (χ4v) is 3.10. The van der Waals surface area contributed by atoms with Gasteiger partial charge in [-0.3, -0.25) is 0 Å². The lowest BCUT2D eigenvalue weighted by molar-refractivity contribution is -0.270. The molecule has 0 aliphatic carbocycles. The second kappa shape index (κ2) is 11.1. The van der Waals surface area contributed by atoms with Crippen LogP contribution in [0.3, 0.4) is 0 Å². The maximum atomic E-state index is 9.87. The molecule has 12 nitrogen and oxygen atoms in total. The van der Waals surface area contributed by atoms with Crippen molar-refractivity contribution in [2.24, 2.45) is 10.2 Å². The van der Waals surface area contributed by atoms with Crippen LogP contribution in [-0.2, 0) is 22.6 Å². The van der Waals surface area contributed by atoms with Gasteiger partial charge in [0.15, 0.2) is 6.29 Å². The number of azo groups is 1. The summed E-state index contributed by atoms with van der Waals surface area (Å²) in [6, 6.07) is 13.5. The van der Waals surface area contributed by atoms with Crippen molar-refractivity contribution < 1.29 is 34.6 Å². The van der Waals surface area contributed by atoms with E-state index in [0.717, 1.165) is 0 Å². The van der Waals surface area contributed by atoms with E-state index in [9.17, 15) is 20.4 Å². The van der Waals surface area contributed by atoms with E-state index in [2.05, 4.69) is 20.5 Å². The molecule has 34 heavy (non-hydrogen) atoms.